The largest absolute Gasteiger partial charge is 0.345 e. The van der Waals surface area contributed by atoms with Crippen LogP contribution in [-0.4, -0.2) is 30.9 Å². The van der Waals surface area contributed by atoms with Crippen molar-refractivity contribution < 1.29 is 4.79 Å². The van der Waals surface area contributed by atoms with Gasteiger partial charge in [0.25, 0.3) is 5.91 Å². The standard InChI is InChI=1S/C14H14N6OS/c21-14(9-7-16-19-13(9)10-3-2-6-22-10)15-8-12-18-17-11-4-1-5-20(11)12/h2-3,6-7H,1,4-5,8H2,(H,15,21)(H,16,19). The van der Waals surface area contributed by atoms with Gasteiger partial charge in [0.1, 0.15) is 5.82 Å². The highest BCUT2D eigenvalue weighted by atomic mass is 32.1. The van der Waals surface area contributed by atoms with Crippen molar-refractivity contribution in [3.05, 3.63) is 40.9 Å². The molecule has 0 aliphatic carbocycles. The van der Waals surface area contributed by atoms with Gasteiger partial charge in [-0.3, -0.25) is 9.89 Å². The van der Waals surface area contributed by atoms with E-state index in [-0.39, 0.29) is 5.91 Å². The zero-order valence-electron chi connectivity index (χ0n) is 11.7. The average Bonchev–Trinajstić information content (AvgIpc) is 3.28. The van der Waals surface area contributed by atoms with Crippen LogP contribution in [-0.2, 0) is 19.5 Å². The molecule has 7 nitrogen and oxygen atoms in total. The maximum absolute atomic E-state index is 12.4. The Labute approximate surface area is 130 Å². The lowest BCUT2D eigenvalue weighted by atomic mass is 10.2. The molecule has 0 spiro atoms. The van der Waals surface area contributed by atoms with Gasteiger partial charge in [-0.05, 0) is 17.9 Å². The van der Waals surface area contributed by atoms with Crippen LogP contribution in [0.3, 0.4) is 0 Å². The molecule has 0 saturated heterocycles. The number of carbonyl (C=O) groups is 1. The maximum Gasteiger partial charge on any atom is 0.255 e. The minimum atomic E-state index is -0.160. The Morgan fingerprint density at radius 1 is 1.45 bits per heavy atom. The molecule has 4 heterocycles. The highest BCUT2D eigenvalue weighted by molar-refractivity contribution is 7.13. The Morgan fingerprint density at radius 3 is 3.27 bits per heavy atom. The summed E-state index contributed by atoms with van der Waals surface area (Å²) in [5.41, 5.74) is 1.29. The second kappa shape index (κ2) is 5.38. The van der Waals surface area contributed by atoms with Gasteiger partial charge < -0.3 is 9.88 Å². The Morgan fingerprint density at radius 2 is 2.41 bits per heavy atom. The number of rotatable bonds is 4. The Kier molecular flexibility index (Phi) is 3.23. The van der Waals surface area contributed by atoms with E-state index in [0.717, 1.165) is 41.6 Å². The smallest absolute Gasteiger partial charge is 0.255 e. The third-order valence-corrected chi connectivity index (χ3v) is 4.63. The van der Waals surface area contributed by atoms with E-state index in [1.165, 1.54) is 0 Å². The number of carbonyl (C=O) groups excluding carboxylic acids is 1. The fourth-order valence-corrected chi connectivity index (χ4v) is 3.40. The number of fused-ring (bicyclic) bond motifs is 1. The molecule has 22 heavy (non-hydrogen) atoms. The first kappa shape index (κ1) is 13.2. The van der Waals surface area contributed by atoms with E-state index in [2.05, 4.69) is 30.3 Å². The summed E-state index contributed by atoms with van der Waals surface area (Å²) in [6, 6.07) is 3.91. The van der Waals surface area contributed by atoms with Crippen molar-refractivity contribution >= 4 is 17.2 Å². The molecule has 1 aliphatic heterocycles. The number of hydrogen-bond donors (Lipinski definition) is 2. The van der Waals surface area contributed by atoms with Crippen molar-refractivity contribution in [1.82, 2.24) is 30.3 Å². The van der Waals surface area contributed by atoms with Gasteiger partial charge in [0, 0.05) is 13.0 Å². The van der Waals surface area contributed by atoms with Crippen LogP contribution in [0.15, 0.2) is 23.7 Å². The van der Waals surface area contributed by atoms with Gasteiger partial charge in [-0.25, -0.2) is 0 Å². The van der Waals surface area contributed by atoms with Crippen molar-refractivity contribution in [3.63, 3.8) is 0 Å². The molecule has 0 atom stereocenters. The Bertz CT molecular complexity index is 803. The topological polar surface area (TPSA) is 88.5 Å². The van der Waals surface area contributed by atoms with Gasteiger partial charge in [0.2, 0.25) is 0 Å². The van der Waals surface area contributed by atoms with E-state index in [0.29, 0.717) is 12.1 Å². The molecule has 0 unspecified atom stereocenters. The number of amides is 1. The molecule has 1 aliphatic rings. The fourth-order valence-electron chi connectivity index (χ4n) is 2.66. The number of nitrogens with zero attached hydrogens (tertiary/aromatic N) is 4. The Balaban J connectivity index is 1.50. The van der Waals surface area contributed by atoms with Crippen molar-refractivity contribution in [2.75, 3.05) is 0 Å². The quantitative estimate of drug-likeness (QED) is 0.765. The summed E-state index contributed by atoms with van der Waals surface area (Å²) in [5.74, 6) is 1.65. The Hall–Kier alpha value is -2.48. The lowest BCUT2D eigenvalue weighted by Crippen LogP contribution is -2.24. The molecule has 3 aromatic heterocycles. The van der Waals surface area contributed by atoms with Crippen molar-refractivity contribution in [2.45, 2.75) is 25.9 Å². The minimum absolute atomic E-state index is 0.160. The first-order valence-electron chi connectivity index (χ1n) is 7.09. The third-order valence-electron chi connectivity index (χ3n) is 3.74. The van der Waals surface area contributed by atoms with Crippen LogP contribution >= 0.6 is 11.3 Å². The number of thiophene rings is 1. The highest BCUT2D eigenvalue weighted by Crippen LogP contribution is 2.25. The van der Waals surface area contributed by atoms with Crippen molar-refractivity contribution in [1.29, 1.82) is 0 Å². The van der Waals surface area contributed by atoms with Gasteiger partial charge >= 0.3 is 0 Å². The zero-order valence-corrected chi connectivity index (χ0v) is 12.6. The second-order valence-corrected chi connectivity index (χ2v) is 6.05. The summed E-state index contributed by atoms with van der Waals surface area (Å²) >= 11 is 1.57. The highest BCUT2D eigenvalue weighted by Gasteiger charge is 2.19. The van der Waals surface area contributed by atoms with Crippen molar-refractivity contribution in [2.24, 2.45) is 0 Å². The molecule has 2 N–H and O–H groups in total. The first-order valence-corrected chi connectivity index (χ1v) is 7.97. The lowest BCUT2D eigenvalue weighted by Gasteiger charge is -2.05. The van der Waals surface area contributed by atoms with Gasteiger partial charge in [-0.15, -0.1) is 21.5 Å². The predicted molar refractivity (Wildman–Crippen MR) is 81.4 cm³/mol. The molecular weight excluding hydrogens is 300 g/mol. The lowest BCUT2D eigenvalue weighted by molar-refractivity contribution is 0.0950. The minimum Gasteiger partial charge on any atom is -0.345 e. The van der Waals surface area contributed by atoms with Gasteiger partial charge in [-0.1, -0.05) is 6.07 Å². The summed E-state index contributed by atoms with van der Waals surface area (Å²) in [7, 11) is 0. The summed E-state index contributed by atoms with van der Waals surface area (Å²) in [6.45, 7) is 1.31. The number of nitrogens with one attached hydrogen (secondary N) is 2. The SMILES string of the molecule is O=C(NCc1nnc2n1CCC2)c1cn[nH]c1-c1cccs1. The molecule has 8 heteroatoms. The molecule has 0 aromatic carbocycles. The average molecular weight is 314 g/mol. The van der Waals surface area contributed by atoms with Crippen molar-refractivity contribution in [3.8, 4) is 10.6 Å². The molecule has 4 rings (SSSR count). The molecule has 112 valence electrons. The van der Waals surface area contributed by atoms with Crippen LogP contribution in [0.2, 0.25) is 0 Å². The van der Waals surface area contributed by atoms with E-state index in [1.807, 2.05) is 17.5 Å². The van der Waals surface area contributed by atoms with Crippen LogP contribution in [0.5, 0.6) is 0 Å². The monoisotopic (exact) mass is 314 g/mol. The van der Waals surface area contributed by atoms with E-state index >= 15 is 0 Å². The fraction of sp³-hybridized carbons (Fsp3) is 0.286. The van der Waals surface area contributed by atoms with E-state index in [1.54, 1.807) is 17.5 Å². The third kappa shape index (κ3) is 2.21. The molecule has 0 bridgehead atoms. The predicted octanol–water partition coefficient (Wildman–Crippen LogP) is 1.61. The normalized spacial score (nSPS) is 13.3. The molecule has 0 saturated carbocycles. The van der Waals surface area contributed by atoms with E-state index < -0.39 is 0 Å². The van der Waals surface area contributed by atoms with Crippen LogP contribution in [0.25, 0.3) is 10.6 Å². The molecule has 3 aromatic rings. The van der Waals surface area contributed by atoms with Crippen LogP contribution < -0.4 is 5.32 Å². The maximum atomic E-state index is 12.4. The molecule has 0 radical (unpaired) electrons. The number of hydrogen-bond acceptors (Lipinski definition) is 5. The number of aromatic nitrogens is 5. The zero-order chi connectivity index (χ0) is 14.9. The first-order chi connectivity index (χ1) is 10.8. The van der Waals surface area contributed by atoms with E-state index in [9.17, 15) is 4.79 Å². The number of H-pyrrole nitrogens is 1. The second-order valence-electron chi connectivity index (χ2n) is 5.11. The van der Waals surface area contributed by atoms with Gasteiger partial charge in [0.05, 0.1) is 28.9 Å². The number of aryl methyl sites for hydroxylation is 1. The van der Waals surface area contributed by atoms with Gasteiger partial charge in [0.15, 0.2) is 5.82 Å². The number of aromatic amines is 1. The van der Waals surface area contributed by atoms with E-state index in [4.69, 9.17) is 0 Å². The molecule has 1 amide bonds. The van der Waals surface area contributed by atoms with Crippen LogP contribution in [0, 0.1) is 0 Å². The van der Waals surface area contributed by atoms with Gasteiger partial charge in [-0.2, -0.15) is 5.10 Å². The summed E-state index contributed by atoms with van der Waals surface area (Å²) in [4.78, 5) is 13.4. The molecule has 0 fully saturated rings. The van der Waals surface area contributed by atoms with Crippen LogP contribution in [0.1, 0.15) is 28.4 Å². The summed E-state index contributed by atoms with van der Waals surface area (Å²) < 4.78 is 2.08. The molecular formula is C14H14N6OS. The van der Waals surface area contributed by atoms with Crippen LogP contribution in [0.4, 0.5) is 0 Å². The summed E-state index contributed by atoms with van der Waals surface area (Å²) in [6.07, 6.45) is 3.61. The summed E-state index contributed by atoms with van der Waals surface area (Å²) in [5, 5.41) is 20.0.